The molecule has 1 aromatic rings. The van der Waals surface area contributed by atoms with Crippen molar-refractivity contribution >= 4 is 11.8 Å². The number of hydrogen-bond acceptors (Lipinski definition) is 2. The molecule has 1 aromatic carbocycles. The average molecular weight is 318 g/mol. The fraction of sp³-hybridized carbons (Fsp3) is 0.556. The lowest BCUT2D eigenvalue weighted by atomic mass is 9.83. The van der Waals surface area contributed by atoms with Gasteiger partial charge in [-0.25, -0.2) is 4.39 Å². The quantitative estimate of drug-likeness (QED) is 0.841. The second kappa shape index (κ2) is 6.69. The number of benzene rings is 1. The Morgan fingerprint density at radius 3 is 2.65 bits per heavy atom. The Hall–Kier alpha value is -1.91. The first-order chi connectivity index (χ1) is 11.1. The lowest BCUT2D eigenvalue weighted by Gasteiger charge is -2.41. The molecule has 4 nitrogen and oxygen atoms in total. The van der Waals surface area contributed by atoms with Crippen LogP contribution in [0, 0.1) is 11.7 Å². The van der Waals surface area contributed by atoms with Crippen LogP contribution >= 0.6 is 0 Å². The first kappa shape index (κ1) is 16.0. The lowest BCUT2D eigenvalue weighted by Crippen LogP contribution is -2.48. The van der Waals surface area contributed by atoms with Gasteiger partial charge in [0.1, 0.15) is 5.82 Å². The molecule has 0 unspecified atom stereocenters. The second-order valence-corrected chi connectivity index (χ2v) is 6.54. The van der Waals surface area contributed by atoms with Gasteiger partial charge in [0.15, 0.2) is 0 Å². The second-order valence-electron chi connectivity index (χ2n) is 6.54. The molecule has 2 saturated heterocycles. The highest BCUT2D eigenvalue weighted by Crippen LogP contribution is 2.37. The lowest BCUT2D eigenvalue weighted by molar-refractivity contribution is -0.147. The molecule has 2 fully saturated rings. The first-order valence-electron chi connectivity index (χ1n) is 8.38. The number of amides is 2. The molecule has 23 heavy (non-hydrogen) atoms. The molecule has 2 heterocycles. The number of halogens is 1. The maximum atomic E-state index is 13.6. The Balaban J connectivity index is 1.89. The average Bonchev–Trinajstić information content (AvgIpc) is 2.57. The van der Waals surface area contributed by atoms with Gasteiger partial charge in [-0.1, -0.05) is 12.1 Å². The summed E-state index contributed by atoms with van der Waals surface area (Å²) in [6.45, 7) is 1.59. The summed E-state index contributed by atoms with van der Waals surface area (Å²) in [4.78, 5) is 28.6. The number of nitrogens with zero attached hydrogens (tertiary/aromatic N) is 2. The van der Waals surface area contributed by atoms with E-state index in [-0.39, 0.29) is 29.6 Å². The van der Waals surface area contributed by atoms with Crippen LogP contribution in [-0.2, 0) is 9.59 Å². The van der Waals surface area contributed by atoms with Gasteiger partial charge in [-0.15, -0.1) is 0 Å². The number of carbonyl (C=O) groups excluding carboxylic acids is 2. The standard InChI is InChI=1S/C18H23FN2O2/c1-20-16(22)9-8-15(18(23)21-10-3-2-4-11-21)17(20)13-6-5-7-14(19)12-13/h5-7,12,15,17H,2-4,8-11H2,1H3/t15-,17-/m1/s1. The Kier molecular flexibility index (Phi) is 4.64. The minimum atomic E-state index is -0.374. The summed E-state index contributed by atoms with van der Waals surface area (Å²) in [5.41, 5.74) is 0.705. The van der Waals surface area contributed by atoms with Crippen LogP contribution in [-0.4, -0.2) is 41.8 Å². The van der Waals surface area contributed by atoms with E-state index < -0.39 is 0 Å². The summed E-state index contributed by atoms with van der Waals surface area (Å²) in [6.07, 6.45) is 4.17. The van der Waals surface area contributed by atoms with Gasteiger partial charge in [0.25, 0.3) is 0 Å². The molecule has 0 saturated carbocycles. The summed E-state index contributed by atoms with van der Waals surface area (Å²) < 4.78 is 13.6. The summed E-state index contributed by atoms with van der Waals surface area (Å²) in [6, 6.07) is 5.90. The summed E-state index contributed by atoms with van der Waals surface area (Å²) in [5.74, 6) is -0.490. The molecule has 0 aromatic heterocycles. The van der Waals surface area contributed by atoms with Crippen molar-refractivity contribution in [3.8, 4) is 0 Å². The molecule has 0 aliphatic carbocycles. The Morgan fingerprint density at radius 1 is 1.22 bits per heavy atom. The van der Waals surface area contributed by atoms with Crippen LogP contribution < -0.4 is 0 Å². The van der Waals surface area contributed by atoms with Crippen LogP contribution in [0.15, 0.2) is 24.3 Å². The minimum absolute atomic E-state index is 0.0157. The van der Waals surface area contributed by atoms with Crippen LogP contribution in [0.4, 0.5) is 4.39 Å². The molecule has 0 spiro atoms. The van der Waals surface area contributed by atoms with Crippen molar-refractivity contribution in [1.82, 2.24) is 9.80 Å². The van der Waals surface area contributed by atoms with Crippen molar-refractivity contribution in [3.05, 3.63) is 35.6 Å². The van der Waals surface area contributed by atoms with E-state index in [9.17, 15) is 14.0 Å². The van der Waals surface area contributed by atoms with E-state index >= 15 is 0 Å². The minimum Gasteiger partial charge on any atom is -0.342 e. The van der Waals surface area contributed by atoms with E-state index in [2.05, 4.69) is 0 Å². The normalized spacial score (nSPS) is 25.6. The van der Waals surface area contributed by atoms with E-state index in [1.54, 1.807) is 24.1 Å². The van der Waals surface area contributed by atoms with Crippen LogP contribution in [0.2, 0.25) is 0 Å². The molecule has 2 amide bonds. The Morgan fingerprint density at radius 2 is 1.96 bits per heavy atom. The summed E-state index contributed by atoms with van der Waals surface area (Å²) in [5, 5.41) is 0. The Bertz CT molecular complexity index is 598. The summed E-state index contributed by atoms with van der Waals surface area (Å²) >= 11 is 0. The Labute approximate surface area is 136 Å². The van der Waals surface area contributed by atoms with Gasteiger partial charge in [-0.2, -0.15) is 0 Å². The van der Waals surface area contributed by atoms with E-state index in [1.165, 1.54) is 18.6 Å². The molecule has 3 rings (SSSR count). The van der Waals surface area contributed by atoms with Crippen molar-refractivity contribution in [1.29, 1.82) is 0 Å². The molecule has 124 valence electrons. The number of piperidine rings is 2. The molecule has 0 N–H and O–H groups in total. The molecular weight excluding hydrogens is 295 g/mol. The van der Waals surface area contributed by atoms with Crippen molar-refractivity contribution in [3.63, 3.8) is 0 Å². The van der Waals surface area contributed by atoms with Crippen molar-refractivity contribution in [2.24, 2.45) is 5.92 Å². The van der Waals surface area contributed by atoms with Crippen molar-refractivity contribution < 1.29 is 14.0 Å². The van der Waals surface area contributed by atoms with E-state index in [1.807, 2.05) is 4.90 Å². The van der Waals surface area contributed by atoms with Gasteiger partial charge < -0.3 is 9.80 Å². The number of rotatable bonds is 2. The first-order valence-corrected chi connectivity index (χ1v) is 8.38. The monoisotopic (exact) mass is 318 g/mol. The third-order valence-corrected chi connectivity index (χ3v) is 5.04. The van der Waals surface area contributed by atoms with Gasteiger partial charge >= 0.3 is 0 Å². The SMILES string of the molecule is CN1C(=O)CC[C@@H](C(=O)N2CCCCC2)[C@H]1c1cccc(F)c1. The fourth-order valence-corrected chi connectivity index (χ4v) is 3.79. The van der Waals surface area contributed by atoms with Gasteiger partial charge in [-0.3, -0.25) is 9.59 Å². The zero-order chi connectivity index (χ0) is 16.4. The molecular formula is C18H23FN2O2. The predicted molar refractivity (Wildman–Crippen MR) is 85.1 cm³/mol. The van der Waals surface area contributed by atoms with Crippen LogP contribution in [0.3, 0.4) is 0 Å². The topological polar surface area (TPSA) is 40.6 Å². The zero-order valence-corrected chi connectivity index (χ0v) is 13.5. The largest absolute Gasteiger partial charge is 0.342 e. The number of likely N-dealkylation sites (tertiary alicyclic amines) is 2. The molecule has 2 aliphatic heterocycles. The highest BCUT2D eigenvalue weighted by molar-refractivity contribution is 5.85. The van der Waals surface area contributed by atoms with Gasteiger partial charge in [0.2, 0.25) is 11.8 Å². The smallest absolute Gasteiger partial charge is 0.228 e. The third-order valence-electron chi connectivity index (χ3n) is 5.04. The summed E-state index contributed by atoms with van der Waals surface area (Å²) in [7, 11) is 1.72. The molecule has 0 radical (unpaired) electrons. The van der Waals surface area contributed by atoms with Gasteiger partial charge in [0.05, 0.1) is 12.0 Å². The highest BCUT2D eigenvalue weighted by Gasteiger charge is 2.40. The van der Waals surface area contributed by atoms with Crippen molar-refractivity contribution in [2.75, 3.05) is 20.1 Å². The maximum Gasteiger partial charge on any atom is 0.228 e. The van der Waals surface area contributed by atoms with Gasteiger partial charge in [-0.05, 0) is 43.4 Å². The van der Waals surface area contributed by atoms with E-state index in [0.717, 1.165) is 25.9 Å². The highest BCUT2D eigenvalue weighted by atomic mass is 19.1. The van der Waals surface area contributed by atoms with Crippen LogP contribution in [0.5, 0.6) is 0 Å². The van der Waals surface area contributed by atoms with E-state index in [0.29, 0.717) is 18.4 Å². The molecule has 2 atom stereocenters. The zero-order valence-electron chi connectivity index (χ0n) is 13.5. The number of hydrogen-bond donors (Lipinski definition) is 0. The van der Waals surface area contributed by atoms with Gasteiger partial charge in [0, 0.05) is 26.6 Å². The molecule has 2 aliphatic rings. The molecule has 5 heteroatoms. The van der Waals surface area contributed by atoms with E-state index in [4.69, 9.17) is 0 Å². The van der Waals surface area contributed by atoms with Crippen molar-refractivity contribution in [2.45, 2.75) is 38.1 Å². The number of carbonyl (C=O) groups is 2. The molecule has 0 bridgehead atoms. The predicted octanol–water partition coefficient (Wildman–Crippen LogP) is 2.75. The third kappa shape index (κ3) is 3.23. The van der Waals surface area contributed by atoms with Crippen LogP contribution in [0.25, 0.3) is 0 Å². The fourth-order valence-electron chi connectivity index (χ4n) is 3.79. The maximum absolute atomic E-state index is 13.6. The van der Waals surface area contributed by atoms with Crippen LogP contribution in [0.1, 0.15) is 43.7 Å².